The van der Waals surface area contributed by atoms with Gasteiger partial charge in [0.25, 0.3) is 11.5 Å². The summed E-state index contributed by atoms with van der Waals surface area (Å²) in [7, 11) is 0. The van der Waals surface area contributed by atoms with E-state index < -0.39 is 5.91 Å². The highest BCUT2D eigenvalue weighted by atomic mass is 16.2. The Balaban J connectivity index is 1.49. The zero-order valence-electron chi connectivity index (χ0n) is 17.4. The minimum absolute atomic E-state index is 0.167. The minimum Gasteiger partial charge on any atom is -0.368 e. The number of pyridine rings is 1. The summed E-state index contributed by atoms with van der Waals surface area (Å²) in [6, 6.07) is 15.4. The largest absolute Gasteiger partial charge is 0.368 e. The third-order valence-corrected chi connectivity index (χ3v) is 5.98. The van der Waals surface area contributed by atoms with Gasteiger partial charge in [0.05, 0.1) is 12.2 Å². The Bertz CT molecular complexity index is 1270. The van der Waals surface area contributed by atoms with Crippen molar-refractivity contribution in [1.29, 1.82) is 0 Å². The zero-order valence-corrected chi connectivity index (χ0v) is 17.4. The van der Waals surface area contributed by atoms with Crippen LogP contribution in [0, 0.1) is 6.92 Å². The maximum Gasteiger partial charge on any atom is 0.268 e. The molecule has 6 heteroatoms. The van der Waals surface area contributed by atoms with Crippen LogP contribution in [0.5, 0.6) is 0 Å². The fourth-order valence-electron chi connectivity index (χ4n) is 4.45. The molecule has 0 atom stereocenters. The predicted octanol–water partition coefficient (Wildman–Crippen LogP) is 3.24. The number of amidine groups is 1. The first-order valence-electron chi connectivity index (χ1n) is 10.7. The molecule has 156 valence electrons. The van der Waals surface area contributed by atoms with Crippen molar-refractivity contribution in [2.45, 2.75) is 26.2 Å². The Labute approximate surface area is 180 Å². The summed E-state index contributed by atoms with van der Waals surface area (Å²) in [4.78, 5) is 30.9. The van der Waals surface area contributed by atoms with Crippen molar-refractivity contribution in [3.05, 3.63) is 92.9 Å². The molecule has 2 heterocycles. The predicted molar refractivity (Wildman–Crippen MR) is 123 cm³/mol. The number of anilines is 1. The number of nitrogens with one attached hydrogen (secondary N) is 2. The second-order valence-electron chi connectivity index (χ2n) is 8.01. The molecule has 5 rings (SSSR count). The summed E-state index contributed by atoms with van der Waals surface area (Å²) in [5, 5.41) is 6.13. The molecule has 2 aliphatic rings. The minimum atomic E-state index is -0.400. The topological polar surface area (TPSA) is 75.5 Å². The fourth-order valence-corrected chi connectivity index (χ4v) is 4.45. The van der Waals surface area contributed by atoms with E-state index in [0.717, 1.165) is 49.4 Å². The fraction of sp³-hybridized carbons (Fsp3) is 0.240. The van der Waals surface area contributed by atoms with Crippen LogP contribution in [-0.2, 0) is 12.8 Å². The molecule has 0 bridgehead atoms. The quantitative estimate of drug-likeness (QED) is 0.691. The molecule has 3 aromatic rings. The van der Waals surface area contributed by atoms with Gasteiger partial charge in [-0.25, -0.2) is 0 Å². The Morgan fingerprint density at radius 3 is 2.84 bits per heavy atom. The molecule has 0 unspecified atom stereocenters. The first-order valence-corrected chi connectivity index (χ1v) is 10.7. The molecular formula is C25H24N4O2. The van der Waals surface area contributed by atoms with E-state index in [1.807, 2.05) is 42.5 Å². The monoisotopic (exact) mass is 412 g/mol. The summed E-state index contributed by atoms with van der Waals surface area (Å²) in [5.41, 5.74) is 5.45. The highest BCUT2D eigenvalue weighted by Gasteiger charge is 2.20. The third-order valence-electron chi connectivity index (χ3n) is 5.98. The van der Waals surface area contributed by atoms with Crippen LogP contribution in [0.3, 0.4) is 0 Å². The van der Waals surface area contributed by atoms with Crippen molar-refractivity contribution in [2.24, 2.45) is 4.99 Å². The molecule has 0 saturated heterocycles. The molecule has 1 aromatic heterocycles. The van der Waals surface area contributed by atoms with Gasteiger partial charge in [0.1, 0.15) is 11.4 Å². The van der Waals surface area contributed by atoms with Gasteiger partial charge in [-0.1, -0.05) is 24.3 Å². The van der Waals surface area contributed by atoms with E-state index >= 15 is 0 Å². The van der Waals surface area contributed by atoms with Crippen molar-refractivity contribution in [3.63, 3.8) is 0 Å². The first-order chi connectivity index (χ1) is 15.1. The van der Waals surface area contributed by atoms with Gasteiger partial charge in [0, 0.05) is 24.0 Å². The van der Waals surface area contributed by atoms with Crippen LogP contribution in [0.1, 0.15) is 39.0 Å². The normalized spacial score (nSPS) is 14.7. The Morgan fingerprint density at radius 1 is 1.13 bits per heavy atom. The average Bonchev–Trinajstić information content (AvgIpc) is 3.46. The van der Waals surface area contributed by atoms with E-state index in [0.29, 0.717) is 11.3 Å². The lowest BCUT2D eigenvalue weighted by Crippen LogP contribution is -2.30. The van der Waals surface area contributed by atoms with E-state index in [9.17, 15) is 9.59 Å². The second kappa shape index (κ2) is 7.87. The molecule has 2 aromatic carbocycles. The highest BCUT2D eigenvalue weighted by molar-refractivity contribution is 6.06. The molecule has 1 aliphatic carbocycles. The van der Waals surface area contributed by atoms with E-state index in [1.54, 1.807) is 17.7 Å². The van der Waals surface area contributed by atoms with Crippen LogP contribution in [0.4, 0.5) is 5.69 Å². The summed E-state index contributed by atoms with van der Waals surface area (Å²) in [5.74, 6) is 0.426. The number of hydrogen-bond acceptors (Lipinski definition) is 4. The van der Waals surface area contributed by atoms with E-state index in [-0.39, 0.29) is 11.1 Å². The Morgan fingerprint density at radius 2 is 2.00 bits per heavy atom. The molecule has 1 aliphatic heterocycles. The van der Waals surface area contributed by atoms with Crippen molar-refractivity contribution in [1.82, 2.24) is 9.88 Å². The van der Waals surface area contributed by atoms with Crippen molar-refractivity contribution in [3.8, 4) is 5.69 Å². The average molecular weight is 412 g/mol. The van der Waals surface area contributed by atoms with Crippen molar-refractivity contribution < 1.29 is 4.79 Å². The zero-order chi connectivity index (χ0) is 21.4. The maximum atomic E-state index is 13.4. The molecule has 31 heavy (non-hydrogen) atoms. The number of amides is 1. The van der Waals surface area contributed by atoms with Gasteiger partial charge in [0.15, 0.2) is 0 Å². The number of carbonyl (C=O) groups excluding carboxylic acids is 1. The first kappa shape index (κ1) is 19.3. The molecule has 0 saturated carbocycles. The van der Waals surface area contributed by atoms with Gasteiger partial charge in [0.2, 0.25) is 0 Å². The van der Waals surface area contributed by atoms with Gasteiger partial charge in [-0.3, -0.25) is 19.1 Å². The highest BCUT2D eigenvalue weighted by Crippen LogP contribution is 2.27. The van der Waals surface area contributed by atoms with Gasteiger partial charge in [-0.2, -0.15) is 0 Å². The van der Waals surface area contributed by atoms with Gasteiger partial charge < -0.3 is 10.6 Å². The Hall–Kier alpha value is -3.67. The molecule has 1 amide bonds. The SMILES string of the molecule is Cc1ccn(-c2cccc3c2CCC3)c(=O)c1C(=O)Nc1cccc(C2=NCCN2)c1. The van der Waals surface area contributed by atoms with E-state index in [1.165, 1.54) is 11.1 Å². The van der Waals surface area contributed by atoms with Crippen LogP contribution in [0.2, 0.25) is 0 Å². The number of nitrogens with zero attached hydrogens (tertiary/aromatic N) is 2. The number of aryl methyl sites for hydroxylation is 2. The standard InChI is InChI=1S/C25H24N4O2/c1-16-11-14-29(21-10-4-6-17-5-3-9-20(17)21)25(31)22(16)24(30)28-19-8-2-7-18(15-19)23-26-12-13-27-23/h2,4,6-8,10-11,14-15H,3,5,9,12-13H2,1H3,(H,26,27)(H,28,30). The van der Waals surface area contributed by atoms with Crippen LogP contribution in [0.25, 0.3) is 5.69 Å². The number of aromatic nitrogens is 1. The summed E-state index contributed by atoms with van der Waals surface area (Å²) in [6.45, 7) is 3.36. The number of benzene rings is 2. The van der Waals surface area contributed by atoms with Crippen LogP contribution in [0.15, 0.2) is 64.5 Å². The summed E-state index contributed by atoms with van der Waals surface area (Å²) < 4.78 is 1.61. The van der Waals surface area contributed by atoms with Crippen LogP contribution in [-0.4, -0.2) is 29.4 Å². The second-order valence-corrected chi connectivity index (χ2v) is 8.01. The van der Waals surface area contributed by atoms with Gasteiger partial charge in [-0.05, 0) is 67.1 Å². The van der Waals surface area contributed by atoms with Gasteiger partial charge >= 0.3 is 0 Å². The number of fused-ring (bicyclic) bond motifs is 1. The third kappa shape index (κ3) is 3.54. The lowest BCUT2D eigenvalue weighted by molar-refractivity contribution is 0.102. The number of rotatable bonds is 4. The number of hydrogen-bond donors (Lipinski definition) is 2. The van der Waals surface area contributed by atoms with E-state index in [2.05, 4.69) is 21.7 Å². The van der Waals surface area contributed by atoms with Crippen LogP contribution >= 0.6 is 0 Å². The maximum absolute atomic E-state index is 13.4. The van der Waals surface area contributed by atoms with Gasteiger partial charge in [-0.15, -0.1) is 0 Å². The molecule has 0 radical (unpaired) electrons. The molecule has 0 fully saturated rings. The molecule has 2 N–H and O–H groups in total. The number of aliphatic imine (C=N–C) groups is 1. The number of carbonyl (C=O) groups is 1. The van der Waals surface area contributed by atoms with Crippen LogP contribution < -0.4 is 16.2 Å². The lowest BCUT2D eigenvalue weighted by atomic mass is 10.1. The summed E-state index contributed by atoms with van der Waals surface area (Å²) in [6.07, 6.45) is 4.86. The Kier molecular flexibility index (Phi) is 4.90. The van der Waals surface area contributed by atoms with E-state index in [4.69, 9.17) is 0 Å². The molecular weight excluding hydrogens is 388 g/mol. The van der Waals surface area contributed by atoms with Crippen molar-refractivity contribution >= 4 is 17.4 Å². The molecule has 6 nitrogen and oxygen atoms in total. The summed E-state index contributed by atoms with van der Waals surface area (Å²) >= 11 is 0. The van der Waals surface area contributed by atoms with Crippen molar-refractivity contribution in [2.75, 3.05) is 18.4 Å². The molecule has 0 spiro atoms. The smallest absolute Gasteiger partial charge is 0.268 e. The lowest BCUT2D eigenvalue weighted by Gasteiger charge is -2.14.